The lowest BCUT2D eigenvalue weighted by Crippen LogP contribution is -2.54. The van der Waals surface area contributed by atoms with Gasteiger partial charge < -0.3 is 9.47 Å². The van der Waals surface area contributed by atoms with Crippen molar-refractivity contribution in [3.8, 4) is 17.6 Å². The predicted molar refractivity (Wildman–Crippen MR) is 141 cm³/mol. The van der Waals surface area contributed by atoms with Crippen LogP contribution in [-0.4, -0.2) is 25.0 Å². The van der Waals surface area contributed by atoms with Gasteiger partial charge in [-0.15, -0.1) is 0 Å². The number of methoxy groups -OCH3 is 1. The van der Waals surface area contributed by atoms with Crippen molar-refractivity contribution in [2.24, 2.45) is 0 Å². The first-order valence-corrected chi connectivity index (χ1v) is 11.9. The Morgan fingerprint density at radius 1 is 1.08 bits per heavy atom. The number of hydrogen-bond acceptors (Lipinski definition) is 6. The molecule has 36 heavy (non-hydrogen) atoms. The molecular weight excluding hydrogens is 573 g/mol. The molecule has 1 fully saturated rings. The number of barbiturate groups is 1. The zero-order chi connectivity index (χ0) is 25.8. The molecule has 0 atom stereocenters. The normalized spacial score (nSPS) is 14.4. The Balaban J connectivity index is 1.66. The largest absolute Gasteiger partial charge is 0.493 e. The zero-order valence-corrected chi connectivity index (χ0v) is 21.5. The number of urea groups is 1. The van der Waals surface area contributed by atoms with Crippen LogP contribution in [-0.2, 0) is 16.2 Å². The van der Waals surface area contributed by atoms with Crippen LogP contribution in [0.3, 0.4) is 0 Å². The van der Waals surface area contributed by atoms with Gasteiger partial charge in [-0.05, 0) is 71.0 Å². The van der Waals surface area contributed by atoms with Gasteiger partial charge >= 0.3 is 6.03 Å². The fourth-order valence-corrected chi connectivity index (χ4v) is 4.51. The molecule has 9 heteroatoms. The average Bonchev–Trinajstić information content (AvgIpc) is 2.86. The summed E-state index contributed by atoms with van der Waals surface area (Å²) < 4.78 is 12.1. The standard InChI is InChI=1S/C27H20IN3O5/c1-16-7-3-6-10-22(16)31-26(33)20(25(32)30-27(31)34)11-17-12-21(28)24(23(13-17)35-2)36-15-19-9-5-4-8-18(19)14-29/h3-13H,15H2,1-2H3,(H,30,32,34). The van der Waals surface area contributed by atoms with E-state index in [1.54, 1.807) is 55.5 Å². The van der Waals surface area contributed by atoms with Crippen molar-refractivity contribution >= 4 is 52.2 Å². The molecule has 0 saturated carbocycles. The number of anilines is 1. The molecule has 0 spiro atoms. The Kier molecular flexibility index (Phi) is 7.36. The highest BCUT2D eigenvalue weighted by molar-refractivity contribution is 14.1. The predicted octanol–water partition coefficient (Wildman–Crippen LogP) is 4.73. The monoisotopic (exact) mass is 593 g/mol. The first-order valence-electron chi connectivity index (χ1n) is 10.8. The van der Waals surface area contributed by atoms with E-state index in [0.29, 0.717) is 37.4 Å². The number of hydrogen-bond donors (Lipinski definition) is 1. The van der Waals surface area contributed by atoms with Crippen molar-refractivity contribution < 1.29 is 23.9 Å². The molecule has 1 aliphatic heterocycles. The number of halogens is 1. The smallest absolute Gasteiger partial charge is 0.335 e. The van der Waals surface area contributed by atoms with Gasteiger partial charge in [-0.25, -0.2) is 9.69 Å². The lowest BCUT2D eigenvalue weighted by molar-refractivity contribution is -0.122. The third-order valence-electron chi connectivity index (χ3n) is 5.53. The molecule has 4 amide bonds. The molecule has 1 N–H and O–H groups in total. The average molecular weight is 593 g/mol. The van der Waals surface area contributed by atoms with Gasteiger partial charge in [-0.2, -0.15) is 5.26 Å². The Morgan fingerprint density at radius 3 is 2.53 bits per heavy atom. The summed E-state index contributed by atoms with van der Waals surface area (Å²) in [5.41, 5.74) is 2.68. The van der Waals surface area contributed by atoms with Crippen LogP contribution in [0.25, 0.3) is 6.08 Å². The fourth-order valence-electron chi connectivity index (χ4n) is 3.73. The van der Waals surface area contributed by atoms with E-state index >= 15 is 0 Å². The highest BCUT2D eigenvalue weighted by atomic mass is 127. The summed E-state index contributed by atoms with van der Waals surface area (Å²) in [6.45, 7) is 1.93. The third kappa shape index (κ3) is 4.94. The molecule has 3 aromatic rings. The molecule has 4 rings (SSSR count). The Hall–Kier alpha value is -4.17. The number of nitriles is 1. The minimum Gasteiger partial charge on any atom is -0.493 e. The number of ether oxygens (including phenoxy) is 2. The van der Waals surface area contributed by atoms with Crippen molar-refractivity contribution in [2.45, 2.75) is 13.5 Å². The summed E-state index contributed by atoms with van der Waals surface area (Å²) in [4.78, 5) is 39.2. The summed E-state index contributed by atoms with van der Waals surface area (Å²) >= 11 is 2.07. The van der Waals surface area contributed by atoms with E-state index < -0.39 is 17.8 Å². The molecule has 0 bridgehead atoms. The first kappa shape index (κ1) is 24.9. The maximum Gasteiger partial charge on any atom is 0.335 e. The van der Waals surface area contributed by atoms with Gasteiger partial charge in [0, 0.05) is 5.56 Å². The number of benzene rings is 3. The van der Waals surface area contributed by atoms with E-state index in [9.17, 15) is 19.6 Å². The van der Waals surface area contributed by atoms with Crippen molar-refractivity contribution in [3.63, 3.8) is 0 Å². The second-order valence-corrected chi connectivity index (χ2v) is 9.00. The van der Waals surface area contributed by atoms with Crippen molar-refractivity contribution in [1.82, 2.24) is 5.32 Å². The minimum atomic E-state index is -0.801. The topological polar surface area (TPSA) is 109 Å². The van der Waals surface area contributed by atoms with E-state index in [1.807, 2.05) is 12.1 Å². The molecule has 180 valence electrons. The zero-order valence-electron chi connectivity index (χ0n) is 19.4. The van der Waals surface area contributed by atoms with Gasteiger partial charge in [0.05, 0.1) is 28.0 Å². The Labute approximate surface area is 221 Å². The second-order valence-electron chi connectivity index (χ2n) is 7.84. The van der Waals surface area contributed by atoms with E-state index in [2.05, 4.69) is 34.0 Å². The number of rotatable bonds is 6. The van der Waals surface area contributed by atoms with Crippen LogP contribution in [0.5, 0.6) is 11.5 Å². The van der Waals surface area contributed by atoms with Crippen LogP contribution < -0.4 is 19.7 Å². The number of nitrogens with zero attached hydrogens (tertiary/aromatic N) is 2. The molecule has 3 aromatic carbocycles. The van der Waals surface area contributed by atoms with Crippen LogP contribution in [0.4, 0.5) is 10.5 Å². The van der Waals surface area contributed by atoms with Crippen LogP contribution >= 0.6 is 22.6 Å². The number of imide groups is 2. The van der Waals surface area contributed by atoms with Crippen molar-refractivity contribution in [2.75, 3.05) is 12.0 Å². The SMILES string of the molecule is COc1cc(C=C2C(=O)NC(=O)N(c3ccccc3C)C2=O)cc(I)c1OCc1ccccc1C#N. The molecule has 1 heterocycles. The molecule has 1 saturated heterocycles. The van der Waals surface area contributed by atoms with Crippen LogP contribution in [0.1, 0.15) is 22.3 Å². The van der Waals surface area contributed by atoms with Crippen molar-refractivity contribution in [3.05, 3.63) is 92.1 Å². The third-order valence-corrected chi connectivity index (χ3v) is 6.33. The lowest BCUT2D eigenvalue weighted by atomic mass is 10.1. The maximum absolute atomic E-state index is 13.2. The number of aryl methyl sites for hydroxylation is 1. The van der Waals surface area contributed by atoms with Gasteiger partial charge in [0.25, 0.3) is 11.8 Å². The van der Waals surface area contributed by atoms with Gasteiger partial charge in [-0.3, -0.25) is 14.9 Å². The van der Waals surface area contributed by atoms with Crippen LogP contribution in [0.15, 0.2) is 66.2 Å². The van der Waals surface area contributed by atoms with Crippen molar-refractivity contribution in [1.29, 1.82) is 5.26 Å². The van der Waals surface area contributed by atoms with E-state index in [0.717, 1.165) is 10.5 Å². The lowest BCUT2D eigenvalue weighted by Gasteiger charge is -2.27. The van der Waals surface area contributed by atoms with Gasteiger partial charge in [0.15, 0.2) is 11.5 Å². The molecule has 0 unspecified atom stereocenters. The van der Waals surface area contributed by atoms with Crippen LogP contribution in [0, 0.1) is 21.8 Å². The van der Waals surface area contributed by atoms with Crippen LogP contribution in [0.2, 0.25) is 0 Å². The first-order chi connectivity index (χ1) is 17.3. The Bertz CT molecular complexity index is 1460. The fraction of sp³-hybridized carbons (Fsp3) is 0.111. The van der Waals surface area contributed by atoms with Gasteiger partial charge in [-0.1, -0.05) is 36.4 Å². The van der Waals surface area contributed by atoms with E-state index in [4.69, 9.17) is 9.47 Å². The molecule has 0 aromatic heterocycles. The highest BCUT2D eigenvalue weighted by Crippen LogP contribution is 2.36. The molecule has 0 aliphatic carbocycles. The summed E-state index contributed by atoms with van der Waals surface area (Å²) in [6, 6.07) is 18.8. The summed E-state index contributed by atoms with van der Waals surface area (Å²) in [5, 5.41) is 11.5. The minimum absolute atomic E-state index is 0.158. The number of nitrogens with one attached hydrogen (secondary N) is 1. The van der Waals surface area contributed by atoms with Gasteiger partial charge in [0.2, 0.25) is 0 Å². The maximum atomic E-state index is 13.2. The second kappa shape index (κ2) is 10.6. The Morgan fingerprint density at radius 2 is 1.81 bits per heavy atom. The molecule has 1 aliphatic rings. The number of para-hydroxylation sites is 1. The molecule has 0 radical (unpaired) electrons. The summed E-state index contributed by atoms with van der Waals surface area (Å²) in [7, 11) is 1.48. The highest BCUT2D eigenvalue weighted by Gasteiger charge is 2.37. The summed E-state index contributed by atoms with van der Waals surface area (Å²) in [6.07, 6.45) is 1.41. The van der Waals surface area contributed by atoms with Gasteiger partial charge in [0.1, 0.15) is 12.2 Å². The molecular formula is C27H20IN3O5. The quantitative estimate of drug-likeness (QED) is 0.252. The summed E-state index contributed by atoms with van der Waals surface area (Å²) in [5.74, 6) is -0.652. The molecule has 8 nitrogen and oxygen atoms in total. The number of carbonyl (C=O) groups is 3. The van der Waals surface area contributed by atoms with E-state index in [1.165, 1.54) is 13.2 Å². The number of carbonyl (C=O) groups excluding carboxylic acids is 3. The number of amides is 4. The van der Waals surface area contributed by atoms with E-state index in [-0.39, 0.29) is 12.2 Å².